The van der Waals surface area contributed by atoms with Crippen LogP contribution < -0.4 is 10.2 Å². The number of carbonyl (C=O) groups is 2. The average molecular weight is 485 g/mol. The molecule has 0 aliphatic carbocycles. The van der Waals surface area contributed by atoms with Gasteiger partial charge >= 0.3 is 0 Å². The highest BCUT2D eigenvalue weighted by molar-refractivity contribution is 6.04. The molecule has 1 N–H and O–H groups in total. The van der Waals surface area contributed by atoms with Crippen molar-refractivity contribution in [2.24, 2.45) is 0 Å². The summed E-state index contributed by atoms with van der Waals surface area (Å²) in [5, 5.41) is 14.7. The van der Waals surface area contributed by atoms with Crippen molar-refractivity contribution < 1.29 is 18.9 Å². The summed E-state index contributed by atoms with van der Waals surface area (Å²) in [4.78, 5) is 39.8. The van der Waals surface area contributed by atoms with Crippen LogP contribution >= 0.6 is 0 Å². The van der Waals surface area contributed by atoms with E-state index in [0.29, 0.717) is 37.4 Å². The normalized spacial score (nSPS) is 13.6. The van der Waals surface area contributed by atoms with Crippen molar-refractivity contribution in [3.63, 3.8) is 0 Å². The van der Waals surface area contributed by atoms with Crippen molar-refractivity contribution >= 4 is 39.8 Å². The minimum Gasteiger partial charge on any atom is -0.451 e. The molecule has 2 heterocycles. The summed E-state index contributed by atoms with van der Waals surface area (Å²) in [5.41, 5.74) is 2.97. The highest BCUT2D eigenvalue weighted by atomic mass is 16.6. The first kappa shape index (κ1) is 23.1. The third kappa shape index (κ3) is 5.05. The van der Waals surface area contributed by atoms with Crippen molar-refractivity contribution in [2.45, 2.75) is 6.42 Å². The molecule has 0 spiro atoms. The van der Waals surface area contributed by atoms with E-state index in [0.717, 1.165) is 16.6 Å². The molecule has 5 rings (SSSR count). The molecule has 36 heavy (non-hydrogen) atoms. The fourth-order valence-corrected chi connectivity index (χ4v) is 4.30. The summed E-state index contributed by atoms with van der Waals surface area (Å²) >= 11 is 0. The Morgan fingerprint density at radius 1 is 0.917 bits per heavy atom. The summed E-state index contributed by atoms with van der Waals surface area (Å²) in [6.45, 7) is 2.32. The molecule has 9 heteroatoms. The number of hydrogen-bond acceptors (Lipinski definition) is 6. The second-order valence-corrected chi connectivity index (χ2v) is 8.62. The third-order valence-electron chi connectivity index (χ3n) is 6.25. The first-order valence-corrected chi connectivity index (χ1v) is 11.6. The third-order valence-corrected chi connectivity index (χ3v) is 6.25. The number of piperazine rings is 1. The van der Waals surface area contributed by atoms with Gasteiger partial charge in [0.2, 0.25) is 5.91 Å². The van der Waals surface area contributed by atoms with Gasteiger partial charge in [0.15, 0.2) is 5.76 Å². The van der Waals surface area contributed by atoms with E-state index in [1.807, 2.05) is 47.4 Å². The number of hydrogen-bond donors (Lipinski definition) is 1. The predicted octanol–water partition coefficient (Wildman–Crippen LogP) is 4.48. The van der Waals surface area contributed by atoms with Crippen molar-refractivity contribution in [1.29, 1.82) is 0 Å². The largest absolute Gasteiger partial charge is 0.451 e. The number of nitro groups is 1. The van der Waals surface area contributed by atoms with Crippen LogP contribution in [0.2, 0.25) is 0 Å². The number of non-ortho nitro benzene ring substituents is 1. The van der Waals surface area contributed by atoms with E-state index in [2.05, 4.69) is 10.2 Å². The molecule has 1 aliphatic rings. The molecule has 1 fully saturated rings. The topological polar surface area (TPSA) is 109 Å². The summed E-state index contributed by atoms with van der Waals surface area (Å²) in [6.07, 6.45) is 0.259. The van der Waals surface area contributed by atoms with Crippen molar-refractivity contribution in [3.05, 3.63) is 100 Å². The van der Waals surface area contributed by atoms with E-state index in [1.165, 1.54) is 6.07 Å². The second kappa shape index (κ2) is 9.91. The van der Waals surface area contributed by atoms with Gasteiger partial charge in [0.1, 0.15) is 5.58 Å². The minimum atomic E-state index is -0.404. The highest BCUT2D eigenvalue weighted by Crippen LogP contribution is 2.23. The van der Waals surface area contributed by atoms with Crippen LogP contribution in [0, 0.1) is 10.1 Å². The number of carbonyl (C=O) groups excluding carboxylic acids is 2. The molecular formula is C27H24N4O5. The molecule has 1 aromatic heterocycles. The molecule has 1 aliphatic heterocycles. The van der Waals surface area contributed by atoms with E-state index in [9.17, 15) is 19.7 Å². The monoisotopic (exact) mass is 484 g/mol. The summed E-state index contributed by atoms with van der Waals surface area (Å²) in [7, 11) is 0. The molecule has 9 nitrogen and oxygen atoms in total. The van der Waals surface area contributed by atoms with Crippen LogP contribution in [-0.4, -0.2) is 47.8 Å². The zero-order valence-electron chi connectivity index (χ0n) is 19.4. The molecule has 3 aromatic carbocycles. The predicted molar refractivity (Wildman–Crippen MR) is 136 cm³/mol. The fourth-order valence-electron chi connectivity index (χ4n) is 4.30. The molecule has 4 aromatic rings. The van der Waals surface area contributed by atoms with Gasteiger partial charge in [-0.05, 0) is 35.9 Å². The fraction of sp³-hybridized carbons (Fsp3) is 0.185. The van der Waals surface area contributed by atoms with Gasteiger partial charge in [-0.1, -0.05) is 36.4 Å². The standard InChI is InChI=1S/C27H24N4O5/c32-26(30-14-12-29(13-15-30)22-5-3-6-23(18-22)31(34)35)16-19-8-10-21(11-9-19)28-27(33)25-17-20-4-1-2-7-24(20)36-25/h1-11,17-18H,12-16H2,(H,28,33). The van der Waals surface area contributed by atoms with Crippen molar-refractivity contribution in [2.75, 3.05) is 36.4 Å². The lowest BCUT2D eigenvalue weighted by Crippen LogP contribution is -2.49. The summed E-state index contributed by atoms with van der Waals surface area (Å²) in [5.74, 6) is -0.0795. The molecule has 182 valence electrons. The van der Waals surface area contributed by atoms with Gasteiger partial charge in [-0.15, -0.1) is 0 Å². The van der Waals surface area contributed by atoms with E-state index >= 15 is 0 Å². The van der Waals surface area contributed by atoms with Gasteiger partial charge in [-0.25, -0.2) is 0 Å². The second-order valence-electron chi connectivity index (χ2n) is 8.62. The number of nitro benzene ring substituents is 1. The van der Waals surface area contributed by atoms with Crippen LogP contribution in [0.3, 0.4) is 0 Å². The van der Waals surface area contributed by atoms with Gasteiger partial charge in [0.25, 0.3) is 11.6 Å². The van der Waals surface area contributed by atoms with E-state index in [4.69, 9.17) is 4.42 Å². The maximum atomic E-state index is 12.8. The molecular weight excluding hydrogens is 460 g/mol. The summed E-state index contributed by atoms with van der Waals surface area (Å²) in [6, 6.07) is 22.9. The Morgan fingerprint density at radius 2 is 1.67 bits per heavy atom. The van der Waals surface area contributed by atoms with Crippen LogP contribution in [0.25, 0.3) is 11.0 Å². The highest BCUT2D eigenvalue weighted by Gasteiger charge is 2.22. The number of furan rings is 1. The Balaban J connectivity index is 1.14. The molecule has 1 saturated heterocycles. The molecule has 0 bridgehead atoms. The lowest BCUT2D eigenvalue weighted by molar-refractivity contribution is -0.384. The first-order valence-electron chi connectivity index (χ1n) is 11.6. The Bertz CT molecular complexity index is 1390. The number of amides is 2. The van der Waals surface area contributed by atoms with Gasteiger partial charge in [-0.3, -0.25) is 19.7 Å². The van der Waals surface area contributed by atoms with Gasteiger partial charge in [0, 0.05) is 55.1 Å². The number of nitrogens with zero attached hydrogens (tertiary/aromatic N) is 3. The SMILES string of the molecule is O=C(Nc1ccc(CC(=O)N2CCN(c3cccc([N+](=O)[O-])c3)CC2)cc1)c1cc2ccccc2o1. The number of para-hydroxylation sites is 1. The first-order chi connectivity index (χ1) is 17.5. The van der Waals surface area contributed by atoms with Crippen LogP contribution in [0.5, 0.6) is 0 Å². The lowest BCUT2D eigenvalue weighted by Gasteiger charge is -2.36. The van der Waals surface area contributed by atoms with Crippen molar-refractivity contribution in [1.82, 2.24) is 4.90 Å². The number of benzene rings is 3. The Hall–Kier alpha value is -4.66. The quantitative estimate of drug-likeness (QED) is 0.319. The van der Waals surface area contributed by atoms with Crippen LogP contribution in [0.1, 0.15) is 16.1 Å². The average Bonchev–Trinajstić information content (AvgIpc) is 3.35. The van der Waals surface area contributed by atoms with E-state index < -0.39 is 4.92 Å². The summed E-state index contributed by atoms with van der Waals surface area (Å²) < 4.78 is 5.60. The number of fused-ring (bicyclic) bond motifs is 1. The maximum absolute atomic E-state index is 12.8. The van der Waals surface area contributed by atoms with Crippen LogP contribution in [0.15, 0.2) is 83.3 Å². The molecule has 0 atom stereocenters. The zero-order chi connectivity index (χ0) is 25.1. The maximum Gasteiger partial charge on any atom is 0.291 e. The molecule has 0 saturated carbocycles. The van der Waals surface area contributed by atoms with E-state index in [-0.39, 0.29) is 29.7 Å². The smallest absolute Gasteiger partial charge is 0.291 e. The van der Waals surface area contributed by atoms with Crippen LogP contribution in [-0.2, 0) is 11.2 Å². The Morgan fingerprint density at radius 3 is 2.39 bits per heavy atom. The van der Waals surface area contributed by atoms with Gasteiger partial charge in [-0.2, -0.15) is 0 Å². The molecule has 2 amide bonds. The van der Waals surface area contributed by atoms with Gasteiger partial charge < -0.3 is 19.5 Å². The van der Waals surface area contributed by atoms with Crippen molar-refractivity contribution in [3.8, 4) is 0 Å². The zero-order valence-corrected chi connectivity index (χ0v) is 19.4. The Labute approximate surface area is 207 Å². The minimum absolute atomic E-state index is 0.0211. The number of rotatable bonds is 6. The molecule has 0 unspecified atom stereocenters. The van der Waals surface area contributed by atoms with Crippen LogP contribution in [0.4, 0.5) is 17.1 Å². The lowest BCUT2D eigenvalue weighted by atomic mass is 10.1. The number of anilines is 2. The number of nitrogens with one attached hydrogen (secondary N) is 1. The van der Waals surface area contributed by atoms with E-state index in [1.54, 1.807) is 30.3 Å². The van der Waals surface area contributed by atoms with Gasteiger partial charge in [0.05, 0.1) is 11.3 Å². The Kier molecular flexibility index (Phi) is 6.36. The molecule has 0 radical (unpaired) electrons.